The van der Waals surface area contributed by atoms with Gasteiger partial charge in [0.25, 0.3) is 0 Å². The van der Waals surface area contributed by atoms with Crippen LogP contribution in [-0.4, -0.2) is 26.5 Å². The van der Waals surface area contributed by atoms with Gasteiger partial charge in [0.05, 0.1) is 0 Å². The second-order valence-corrected chi connectivity index (χ2v) is 2.27. The third-order valence-electron chi connectivity index (χ3n) is 0.834. The molecule has 0 aromatic carbocycles. The number of aliphatic hydroxyl groups excluding tert-OH is 1. The average molecular weight is 138 g/mol. The van der Waals surface area contributed by atoms with Gasteiger partial charge in [0.2, 0.25) is 5.12 Å². The smallest absolute Gasteiger partial charge is 0.237 e. The van der Waals surface area contributed by atoms with Gasteiger partial charge in [-0.1, -0.05) is 6.92 Å². The molecule has 0 saturated carbocycles. The molecule has 50 valence electrons. The standard InChI is InChI=1S/C4H10O3S/c1-2-3(5)4(6,7)8/h3,5-8H,2H2,1H3. The second-order valence-electron chi connectivity index (χ2n) is 1.61. The first-order valence-electron chi connectivity index (χ1n) is 2.33. The molecule has 1 unspecified atom stereocenters. The summed E-state index contributed by atoms with van der Waals surface area (Å²) in [6.45, 7) is 1.63. The van der Waals surface area contributed by atoms with Gasteiger partial charge >= 0.3 is 0 Å². The van der Waals surface area contributed by atoms with Crippen molar-refractivity contribution in [2.45, 2.75) is 24.6 Å². The van der Waals surface area contributed by atoms with Gasteiger partial charge in [-0.2, -0.15) is 0 Å². The normalized spacial score (nSPS) is 16.1. The molecule has 0 fully saturated rings. The van der Waals surface area contributed by atoms with Crippen molar-refractivity contribution in [1.82, 2.24) is 0 Å². The highest BCUT2D eigenvalue weighted by Gasteiger charge is 2.25. The Morgan fingerprint density at radius 2 is 2.00 bits per heavy atom. The molecule has 0 bridgehead atoms. The molecule has 0 aromatic heterocycles. The molecule has 0 rings (SSSR count). The van der Waals surface area contributed by atoms with Gasteiger partial charge in [-0.15, -0.1) is 12.6 Å². The van der Waals surface area contributed by atoms with Gasteiger partial charge in [-0.3, -0.25) is 0 Å². The number of rotatable bonds is 2. The topological polar surface area (TPSA) is 60.7 Å². The molecule has 0 spiro atoms. The van der Waals surface area contributed by atoms with E-state index in [2.05, 4.69) is 12.6 Å². The summed E-state index contributed by atoms with van der Waals surface area (Å²) in [5, 5.41) is 23.3. The van der Waals surface area contributed by atoms with Crippen LogP contribution in [0.15, 0.2) is 0 Å². The summed E-state index contributed by atoms with van der Waals surface area (Å²) in [4.78, 5) is 0. The Morgan fingerprint density at radius 1 is 1.62 bits per heavy atom. The predicted molar refractivity (Wildman–Crippen MR) is 32.5 cm³/mol. The second kappa shape index (κ2) is 2.68. The van der Waals surface area contributed by atoms with Crippen molar-refractivity contribution >= 4 is 12.6 Å². The zero-order chi connectivity index (χ0) is 6.78. The first-order chi connectivity index (χ1) is 3.48. The van der Waals surface area contributed by atoms with Gasteiger partial charge in [0, 0.05) is 0 Å². The van der Waals surface area contributed by atoms with Crippen molar-refractivity contribution in [3.63, 3.8) is 0 Å². The monoisotopic (exact) mass is 138 g/mol. The van der Waals surface area contributed by atoms with Gasteiger partial charge in [-0.05, 0) is 6.42 Å². The number of hydrogen-bond acceptors (Lipinski definition) is 4. The zero-order valence-electron chi connectivity index (χ0n) is 4.57. The maximum atomic E-state index is 8.62. The van der Waals surface area contributed by atoms with Crippen LogP contribution in [0.5, 0.6) is 0 Å². The molecule has 0 aliphatic rings. The van der Waals surface area contributed by atoms with E-state index >= 15 is 0 Å². The maximum absolute atomic E-state index is 8.62. The van der Waals surface area contributed by atoms with Crippen LogP contribution in [0, 0.1) is 0 Å². The van der Waals surface area contributed by atoms with Crippen molar-refractivity contribution in [3.05, 3.63) is 0 Å². The minimum atomic E-state index is -2.24. The van der Waals surface area contributed by atoms with Crippen LogP contribution in [0.3, 0.4) is 0 Å². The summed E-state index contributed by atoms with van der Waals surface area (Å²) in [5.74, 6) is 0. The van der Waals surface area contributed by atoms with Crippen LogP contribution in [0.1, 0.15) is 13.3 Å². The molecule has 3 N–H and O–H groups in total. The Balaban J connectivity index is 3.62. The summed E-state index contributed by atoms with van der Waals surface area (Å²) in [5.41, 5.74) is 0. The van der Waals surface area contributed by atoms with E-state index in [0.29, 0.717) is 0 Å². The Hall–Kier alpha value is 0.230. The van der Waals surface area contributed by atoms with Crippen LogP contribution in [0.2, 0.25) is 0 Å². The van der Waals surface area contributed by atoms with Crippen molar-refractivity contribution in [3.8, 4) is 0 Å². The quantitative estimate of drug-likeness (QED) is 0.302. The fourth-order valence-electron chi connectivity index (χ4n) is 0.274. The van der Waals surface area contributed by atoms with E-state index in [0.717, 1.165) is 0 Å². The highest BCUT2D eigenvalue weighted by atomic mass is 32.1. The summed E-state index contributed by atoms with van der Waals surface area (Å²) in [7, 11) is 0. The van der Waals surface area contributed by atoms with Crippen molar-refractivity contribution in [2.75, 3.05) is 0 Å². The fraction of sp³-hybridized carbons (Fsp3) is 1.00. The third kappa shape index (κ3) is 2.52. The van der Waals surface area contributed by atoms with E-state index in [-0.39, 0.29) is 6.42 Å². The lowest BCUT2D eigenvalue weighted by atomic mass is 10.3. The average Bonchev–Trinajstić information content (AvgIpc) is 1.62. The predicted octanol–water partition coefficient (Wildman–Crippen LogP) is -0.674. The lowest BCUT2D eigenvalue weighted by Gasteiger charge is -2.19. The molecular weight excluding hydrogens is 128 g/mol. The molecule has 0 saturated heterocycles. The molecule has 8 heavy (non-hydrogen) atoms. The highest BCUT2D eigenvalue weighted by Crippen LogP contribution is 2.12. The van der Waals surface area contributed by atoms with E-state index in [4.69, 9.17) is 15.3 Å². The molecule has 1 atom stereocenters. The Labute approximate surface area is 53.4 Å². The summed E-state index contributed by atoms with van der Waals surface area (Å²) >= 11 is 3.29. The molecule has 0 amide bonds. The highest BCUT2D eigenvalue weighted by molar-refractivity contribution is 7.81. The molecule has 0 aliphatic carbocycles. The van der Waals surface area contributed by atoms with Crippen molar-refractivity contribution in [1.29, 1.82) is 0 Å². The summed E-state index contributed by atoms with van der Waals surface area (Å²) < 4.78 is 0. The van der Waals surface area contributed by atoms with Gasteiger partial charge in [0.15, 0.2) is 0 Å². The van der Waals surface area contributed by atoms with E-state index in [1.807, 2.05) is 0 Å². The molecule has 0 aromatic rings. The molecule has 0 heterocycles. The van der Waals surface area contributed by atoms with Gasteiger partial charge in [0.1, 0.15) is 6.10 Å². The molecule has 0 aliphatic heterocycles. The van der Waals surface area contributed by atoms with Crippen LogP contribution in [0.25, 0.3) is 0 Å². The number of thiol groups is 1. The Bertz CT molecular complexity index is 68.2. The minimum absolute atomic E-state index is 0.274. The lowest BCUT2D eigenvalue weighted by Crippen LogP contribution is -2.35. The Kier molecular flexibility index (Phi) is 2.76. The number of hydrogen-bond donors (Lipinski definition) is 4. The molecule has 3 nitrogen and oxygen atoms in total. The summed E-state index contributed by atoms with van der Waals surface area (Å²) in [6.07, 6.45) is -0.901. The van der Waals surface area contributed by atoms with Gasteiger partial charge < -0.3 is 15.3 Å². The van der Waals surface area contributed by atoms with Crippen LogP contribution >= 0.6 is 12.6 Å². The van der Waals surface area contributed by atoms with Crippen LogP contribution < -0.4 is 0 Å². The molecule has 4 heteroatoms. The SMILES string of the molecule is CCC(O)C(O)(O)S. The Morgan fingerprint density at radius 3 is 2.00 bits per heavy atom. The fourth-order valence-corrected chi connectivity index (χ4v) is 0.456. The third-order valence-corrected chi connectivity index (χ3v) is 1.13. The van der Waals surface area contributed by atoms with Gasteiger partial charge in [-0.25, -0.2) is 0 Å². The largest absolute Gasteiger partial charge is 0.387 e. The zero-order valence-corrected chi connectivity index (χ0v) is 5.47. The molecular formula is C4H10O3S. The van der Waals surface area contributed by atoms with E-state index in [1.165, 1.54) is 0 Å². The van der Waals surface area contributed by atoms with E-state index < -0.39 is 11.2 Å². The first kappa shape index (κ1) is 8.23. The minimum Gasteiger partial charge on any atom is -0.387 e. The van der Waals surface area contributed by atoms with Crippen LogP contribution in [-0.2, 0) is 0 Å². The van der Waals surface area contributed by atoms with Crippen molar-refractivity contribution < 1.29 is 15.3 Å². The summed E-state index contributed by atoms with van der Waals surface area (Å²) in [6, 6.07) is 0. The molecule has 0 radical (unpaired) electrons. The first-order valence-corrected chi connectivity index (χ1v) is 2.78. The number of aliphatic hydroxyl groups is 3. The van der Waals surface area contributed by atoms with E-state index in [1.54, 1.807) is 6.92 Å². The van der Waals surface area contributed by atoms with E-state index in [9.17, 15) is 0 Å². The van der Waals surface area contributed by atoms with Crippen molar-refractivity contribution in [2.24, 2.45) is 0 Å². The van der Waals surface area contributed by atoms with Crippen LogP contribution in [0.4, 0.5) is 0 Å². The lowest BCUT2D eigenvalue weighted by molar-refractivity contribution is -0.151. The maximum Gasteiger partial charge on any atom is 0.237 e.